The number of nitrogens with zero attached hydrogens (tertiary/aromatic N) is 4. The molecular weight excluding hydrogens is 693 g/mol. The molecule has 57 heavy (non-hydrogen) atoms. The van der Waals surface area contributed by atoms with Crippen LogP contribution in [0.4, 0.5) is 0 Å². The lowest BCUT2D eigenvalue weighted by molar-refractivity contribution is 1.07. The minimum absolute atomic E-state index is 0.610. The van der Waals surface area contributed by atoms with Crippen LogP contribution in [0.25, 0.3) is 105 Å². The molecule has 0 aliphatic rings. The molecule has 266 valence electrons. The molecule has 11 aromatic rings. The molecular formula is C53H34N4. The fourth-order valence-corrected chi connectivity index (χ4v) is 8.33. The van der Waals surface area contributed by atoms with E-state index in [1.165, 1.54) is 27.3 Å². The Bertz CT molecular complexity index is 3230. The Balaban J connectivity index is 1.19. The molecule has 0 bridgehead atoms. The largest absolute Gasteiger partial charge is 0.308 e. The van der Waals surface area contributed by atoms with Gasteiger partial charge in [0.2, 0.25) is 0 Å². The van der Waals surface area contributed by atoms with Crippen LogP contribution in [0.5, 0.6) is 0 Å². The first-order valence-electron chi connectivity index (χ1n) is 19.3. The summed E-state index contributed by atoms with van der Waals surface area (Å²) in [6.45, 7) is 0. The second kappa shape index (κ2) is 13.6. The van der Waals surface area contributed by atoms with Crippen LogP contribution in [0.15, 0.2) is 206 Å². The Labute approximate surface area is 330 Å². The highest BCUT2D eigenvalue weighted by atomic mass is 15.1. The van der Waals surface area contributed by atoms with Crippen LogP contribution in [0.3, 0.4) is 0 Å². The maximum atomic E-state index is 5.42. The average molecular weight is 727 g/mol. The first-order valence-corrected chi connectivity index (χ1v) is 19.3. The number of hydrogen-bond donors (Lipinski definition) is 0. The molecule has 0 atom stereocenters. The number of hydrogen-bond acceptors (Lipinski definition) is 3. The molecule has 2 aromatic heterocycles. The third-order valence-electron chi connectivity index (χ3n) is 11.0. The number of rotatable bonds is 6. The summed E-state index contributed by atoms with van der Waals surface area (Å²) in [5.74, 6) is 1.86. The smallest absolute Gasteiger partial charge is 0.166 e. The molecule has 11 rings (SSSR count). The summed E-state index contributed by atoms with van der Waals surface area (Å²) in [7, 11) is 0. The predicted octanol–water partition coefficient (Wildman–Crippen LogP) is 13.6. The standard InChI is InChI=1S/C53H34N4/c1-4-16-35(17-5-1)38-28-29-40-33-47(42-23-11-10-22-41(42)46(40)32-38)53-55-51(37-20-8-3-9-21-37)54-52(56-53)45-31-30-39(36-18-6-2-7-19-36)34-50(45)57-48-26-14-12-24-43(48)44-25-13-15-27-49(44)57/h1-34H. The van der Waals surface area contributed by atoms with Crippen LogP contribution >= 0.6 is 0 Å². The highest BCUT2D eigenvalue weighted by Gasteiger charge is 2.21. The number of para-hydroxylation sites is 2. The maximum absolute atomic E-state index is 5.42. The normalized spacial score (nSPS) is 11.5. The fraction of sp³-hybridized carbons (Fsp3) is 0. The third kappa shape index (κ3) is 5.66. The molecule has 9 aromatic carbocycles. The van der Waals surface area contributed by atoms with Gasteiger partial charge in [0.15, 0.2) is 17.5 Å². The summed E-state index contributed by atoms with van der Waals surface area (Å²) in [4.78, 5) is 16.0. The van der Waals surface area contributed by atoms with Gasteiger partial charge in [-0.1, -0.05) is 170 Å². The van der Waals surface area contributed by atoms with Gasteiger partial charge >= 0.3 is 0 Å². The van der Waals surface area contributed by atoms with Crippen molar-refractivity contribution in [2.24, 2.45) is 0 Å². The molecule has 0 amide bonds. The zero-order chi connectivity index (χ0) is 37.7. The highest BCUT2D eigenvalue weighted by molar-refractivity contribution is 6.14. The van der Waals surface area contributed by atoms with E-state index in [0.29, 0.717) is 17.5 Å². The molecule has 0 aliphatic heterocycles. The molecule has 0 radical (unpaired) electrons. The minimum Gasteiger partial charge on any atom is -0.308 e. The zero-order valence-electron chi connectivity index (χ0n) is 30.9. The van der Waals surface area contributed by atoms with E-state index in [9.17, 15) is 0 Å². The lowest BCUT2D eigenvalue weighted by atomic mass is 9.94. The third-order valence-corrected chi connectivity index (χ3v) is 11.0. The van der Waals surface area contributed by atoms with Gasteiger partial charge in [0, 0.05) is 27.5 Å². The van der Waals surface area contributed by atoms with Gasteiger partial charge in [-0.2, -0.15) is 0 Å². The van der Waals surface area contributed by atoms with Crippen LogP contribution in [0, 0.1) is 0 Å². The summed E-state index contributed by atoms with van der Waals surface area (Å²) >= 11 is 0. The SMILES string of the molecule is c1ccc(-c2ccc(-c3nc(-c4ccccc4)nc(-c4cc5ccc(-c6ccccc6)cc5c5ccccc45)n3)c(-n3c4ccccc4c4ccccc43)c2)cc1. The van der Waals surface area contributed by atoms with Crippen molar-refractivity contribution in [1.82, 2.24) is 19.5 Å². The van der Waals surface area contributed by atoms with Crippen molar-refractivity contribution >= 4 is 43.4 Å². The summed E-state index contributed by atoms with van der Waals surface area (Å²) in [6.07, 6.45) is 0. The van der Waals surface area contributed by atoms with Gasteiger partial charge in [-0.25, -0.2) is 15.0 Å². The van der Waals surface area contributed by atoms with Crippen molar-refractivity contribution < 1.29 is 0 Å². The van der Waals surface area contributed by atoms with E-state index in [1.54, 1.807) is 0 Å². The lowest BCUT2D eigenvalue weighted by Crippen LogP contribution is -2.04. The van der Waals surface area contributed by atoms with E-state index in [0.717, 1.165) is 60.7 Å². The Kier molecular flexibility index (Phi) is 7.78. The number of benzene rings is 9. The molecule has 0 saturated heterocycles. The van der Waals surface area contributed by atoms with E-state index in [-0.39, 0.29) is 0 Å². The number of aromatic nitrogens is 4. The molecule has 4 nitrogen and oxygen atoms in total. The van der Waals surface area contributed by atoms with E-state index < -0.39 is 0 Å². The summed E-state index contributed by atoms with van der Waals surface area (Å²) in [5, 5.41) is 6.97. The maximum Gasteiger partial charge on any atom is 0.166 e. The van der Waals surface area contributed by atoms with Crippen LogP contribution in [0.2, 0.25) is 0 Å². The quantitative estimate of drug-likeness (QED) is 0.160. The highest BCUT2D eigenvalue weighted by Crippen LogP contribution is 2.40. The van der Waals surface area contributed by atoms with Crippen molar-refractivity contribution in [2.75, 3.05) is 0 Å². The second-order valence-corrected chi connectivity index (χ2v) is 14.4. The van der Waals surface area contributed by atoms with E-state index >= 15 is 0 Å². The summed E-state index contributed by atoms with van der Waals surface area (Å²) in [5.41, 5.74) is 10.7. The number of fused-ring (bicyclic) bond motifs is 6. The van der Waals surface area contributed by atoms with E-state index in [4.69, 9.17) is 15.0 Å². The van der Waals surface area contributed by atoms with Crippen LogP contribution < -0.4 is 0 Å². The van der Waals surface area contributed by atoms with Gasteiger partial charge in [0.1, 0.15) is 0 Å². The fourth-order valence-electron chi connectivity index (χ4n) is 8.33. The van der Waals surface area contributed by atoms with Crippen LogP contribution in [0.1, 0.15) is 0 Å². The van der Waals surface area contributed by atoms with Crippen molar-refractivity contribution in [1.29, 1.82) is 0 Å². The van der Waals surface area contributed by atoms with Gasteiger partial charge in [0.25, 0.3) is 0 Å². The van der Waals surface area contributed by atoms with Gasteiger partial charge in [-0.05, 0) is 80.2 Å². The minimum atomic E-state index is 0.610. The Morgan fingerprint density at radius 2 is 0.754 bits per heavy atom. The Morgan fingerprint density at radius 1 is 0.281 bits per heavy atom. The van der Waals surface area contributed by atoms with E-state index in [1.807, 2.05) is 18.2 Å². The van der Waals surface area contributed by atoms with Crippen LogP contribution in [-0.2, 0) is 0 Å². The topological polar surface area (TPSA) is 43.6 Å². The molecule has 0 spiro atoms. The first kappa shape index (κ1) is 32.7. The molecule has 0 fully saturated rings. The van der Waals surface area contributed by atoms with Gasteiger partial charge in [-0.15, -0.1) is 0 Å². The lowest BCUT2D eigenvalue weighted by Gasteiger charge is -2.17. The zero-order valence-corrected chi connectivity index (χ0v) is 30.9. The monoisotopic (exact) mass is 726 g/mol. The van der Waals surface area contributed by atoms with Gasteiger partial charge in [0.05, 0.1) is 16.7 Å². The predicted molar refractivity (Wildman–Crippen MR) is 236 cm³/mol. The van der Waals surface area contributed by atoms with Crippen molar-refractivity contribution in [2.45, 2.75) is 0 Å². The van der Waals surface area contributed by atoms with Crippen molar-refractivity contribution in [3.63, 3.8) is 0 Å². The molecule has 2 heterocycles. The van der Waals surface area contributed by atoms with Crippen LogP contribution in [-0.4, -0.2) is 19.5 Å². The second-order valence-electron chi connectivity index (χ2n) is 14.4. The summed E-state index contributed by atoms with van der Waals surface area (Å²) < 4.78 is 2.37. The Morgan fingerprint density at radius 3 is 1.39 bits per heavy atom. The van der Waals surface area contributed by atoms with Gasteiger partial charge in [-0.3, -0.25) is 0 Å². The Hall–Kier alpha value is -7.69. The van der Waals surface area contributed by atoms with Crippen molar-refractivity contribution in [3.8, 4) is 62.1 Å². The molecule has 0 aliphatic carbocycles. The molecule has 0 unspecified atom stereocenters. The first-order chi connectivity index (χ1) is 28.3. The van der Waals surface area contributed by atoms with E-state index in [2.05, 4.69) is 193 Å². The molecule has 4 heteroatoms. The average Bonchev–Trinajstić information content (AvgIpc) is 3.63. The summed E-state index contributed by atoms with van der Waals surface area (Å²) in [6, 6.07) is 72.8. The molecule has 0 N–H and O–H groups in total. The van der Waals surface area contributed by atoms with Crippen molar-refractivity contribution in [3.05, 3.63) is 206 Å². The van der Waals surface area contributed by atoms with Gasteiger partial charge < -0.3 is 4.57 Å². The molecule has 0 saturated carbocycles.